The van der Waals surface area contributed by atoms with Crippen LogP contribution in [0.15, 0.2) is 29.2 Å². The van der Waals surface area contributed by atoms with Crippen LogP contribution < -0.4 is 10.3 Å². The van der Waals surface area contributed by atoms with E-state index in [0.717, 1.165) is 22.0 Å². The van der Waals surface area contributed by atoms with Gasteiger partial charge in [-0.05, 0) is 25.1 Å². The summed E-state index contributed by atoms with van der Waals surface area (Å²) in [6, 6.07) is 5.70. The monoisotopic (exact) mass is 229 g/mol. The number of aromatic nitrogens is 3. The van der Waals surface area contributed by atoms with E-state index in [2.05, 4.69) is 15.2 Å². The van der Waals surface area contributed by atoms with Gasteiger partial charge in [-0.3, -0.25) is 4.79 Å². The minimum atomic E-state index is -0.211. The molecule has 0 aliphatic heterocycles. The fraction of sp³-hybridized carbons (Fsp3) is 0.167. The Kier molecular flexibility index (Phi) is 2.11. The summed E-state index contributed by atoms with van der Waals surface area (Å²) < 4.78 is 5.44. The number of fused-ring (bicyclic) bond motifs is 3. The number of hydrogen-bond donors (Lipinski definition) is 2. The van der Waals surface area contributed by atoms with E-state index in [-0.39, 0.29) is 5.56 Å². The molecule has 5 nitrogen and oxygen atoms in total. The van der Waals surface area contributed by atoms with Gasteiger partial charge in [0.15, 0.2) is 0 Å². The van der Waals surface area contributed by atoms with Crippen LogP contribution >= 0.6 is 0 Å². The Morgan fingerprint density at radius 2 is 2.24 bits per heavy atom. The van der Waals surface area contributed by atoms with Crippen molar-refractivity contribution in [1.29, 1.82) is 0 Å². The summed E-state index contributed by atoms with van der Waals surface area (Å²) in [5, 5.41) is 7.98. The number of benzene rings is 1. The van der Waals surface area contributed by atoms with Gasteiger partial charge in [0.1, 0.15) is 11.3 Å². The smallest absolute Gasteiger partial charge is 0.288 e. The highest BCUT2D eigenvalue weighted by atomic mass is 16.5. The van der Waals surface area contributed by atoms with Gasteiger partial charge in [-0.1, -0.05) is 0 Å². The molecule has 0 amide bonds. The molecule has 0 unspecified atom stereocenters. The summed E-state index contributed by atoms with van der Waals surface area (Å²) >= 11 is 0. The van der Waals surface area contributed by atoms with E-state index < -0.39 is 0 Å². The molecule has 0 saturated carbocycles. The fourth-order valence-electron chi connectivity index (χ4n) is 1.97. The topological polar surface area (TPSA) is 70.8 Å². The van der Waals surface area contributed by atoms with Crippen molar-refractivity contribution < 1.29 is 4.74 Å². The zero-order chi connectivity index (χ0) is 11.8. The minimum Gasteiger partial charge on any atom is -0.494 e. The standard InChI is InChI=1S/C12H11N3O2/c1-2-17-7-3-4-10-8(5-7)9-6-13-15-12(16)11(9)14-10/h3-6,14H,2H2,1H3,(H,15,16). The molecule has 0 aliphatic carbocycles. The summed E-state index contributed by atoms with van der Waals surface area (Å²) in [5.41, 5.74) is 1.24. The first-order chi connectivity index (χ1) is 8.29. The number of nitrogens with zero attached hydrogens (tertiary/aromatic N) is 1. The van der Waals surface area contributed by atoms with Crippen molar-refractivity contribution >= 4 is 21.8 Å². The molecule has 0 spiro atoms. The first-order valence-electron chi connectivity index (χ1n) is 5.41. The van der Waals surface area contributed by atoms with Crippen LogP contribution in [0, 0.1) is 0 Å². The first kappa shape index (κ1) is 9.89. The van der Waals surface area contributed by atoms with Crippen LogP contribution in [-0.2, 0) is 0 Å². The maximum absolute atomic E-state index is 11.6. The SMILES string of the molecule is CCOc1ccc2[nH]c3c(=O)[nH]ncc3c2c1. The Labute approximate surface area is 96.4 Å². The molecule has 86 valence electrons. The highest BCUT2D eigenvalue weighted by Gasteiger charge is 2.08. The van der Waals surface area contributed by atoms with E-state index in [1.165, 1.54) is 0 Å². The van der Waals surface area contributed by atoms with Crippen molar-refractivity contribution in [2.45, 2.75) is 6.92 Å². The average molecular weight is 229 g/mol. The van der Waals surface area contributed by atoms with Gasteiger partial charge in [-0.2, -0.15) is 5.10 Å². The van der Waals surface area contributed by atoms with Crippen LogP contribution in [0.1, 0.15) is 6.92 Å². The zero-order valence-electron chi connectivity index (χ0n) is 9.28. The van der Waals surface area contributed by atoms with E-state index in [4.69, 9.17) is 4.74 Å². The molecule has 2 heterocycles. The molecule has 1 aromatic carbocycles. The Morgan fingerprint density at radius 3 is 3.06 bits per heavy atom. The van der Waals surface area contributed by atoms with Crippen LogP contribution in [0.3, 0.4) is 0 Å². The van der Waals surface area contributed by atoms with Gasteiger partial charge in [0.05, 0.1) is 12.8 Å². The molecule has 2 N–H and O–H groups in total. The number of nitrogens with one attached hydrogen (secondary N) is 2. The number of ether oxygens (including phenoxy) is 1. The van der Waals surface area contributed by atoms with Crippen LogP contribution in [0.5, 0.6) is 5.75 Å². The quantitative estimate of drug-likeness (QED) is 0.704. The third-order valence-corrected chi connectivity index (χ3v) is 2.71. The summed E-state index contributed by atoms with van der Waals surface area (Å²) in [6.07, 6.45) is 1.64. The maximum Gasteiger partial charge on any atom is 0.288 e. The van der Waals surface area contributed by atoms with Crippen molar-refractivity contribution in [1.82, 2.24) is 15.2 Å². The van der Waals surface area contributed by atoms with Crippen molar-refractivity contribution in [3.63, 3.8) is 0 Å². The summed E-state index contributed by atoms with van der Waals surface area (Å²) in [5.74, 6) is 0.793. The van der Waals surface area contributed by atoms with Gasteiger partial charge in [-0.15, -0.1) is 0 Å². The Morgan fingerprint density at radius 1 is 1.35 bits per heavy atom. The first-order valence-corrected chi connectivity index (χ1v) is 5.41. The van der Waals surface area contributed by atoms with Gasteiger partial charge < -0.3 is 9.72 Å². The lowest BCUT2D eigenvalue weighted by Gasteiger charge is -2.01. The van der Waals surface area contributed by atoms with Gasteiger partial charge in [0.25, 0.3) is 5.56 Å². The average Bonchev–Trinajstić information content (AvgIpc) is 2.70. The largest absolute Gasteiger partial charge is 0.494 e. The molecule has 0 saturated heterocycles. The molecule has 5 heteroatoms. The van der Waals surface area contributed by atoms with E-state index >= 15 is 0 Å². The summed E-state index contributed by atoms with van der Waals surface area (Å²) in [7, 11) is 0. The van der Waals surface area contributed by atoms with E-state index in [9.17, 15) is 4.79 Å². The van der Waals surface area contributed by atoms with E-state index in [1.54, 1.807) is 6.20 Å². The highest BCUT2D eigenvalue weighted by Crippen LogP contribution is 2.26. The molecule has 2 aromatic heterocycles. The van der Waals surface area contributed by atoms with Crippen LogP contribution in [0.4, 0.5) is 0 Å². The van der Waals surface area contributed by atoms with E-state index in [1.807, 2.05) is 25.1 Å². The van der Waals surface area contributed by atoms with Crippen molar-refractivity contribution in [2.75, 3.05) is 6.61 Å². The lowest BCUT2D eigenvalue weighted by Crippen LogP contribution is -2.06. The molecule has 17 heavy (non-hydrogen) atoms. The third-order valence-electron chi connectivity index (χ3n) is 2.71. The molecule has 3 rings (SSSR count). The zero-order valence-corrected chi connectivity index (χ0v) is 9.28. The van der Waals surface area contributed by atoms with Crippen LogP contribution in [0.25, 0.3) is 21.8 Å². The molecule has 0 atom stereocenters. The van der Waals surface area contributed by atoms with Gasteiger partial charge >= 0.3 is 0 Å². The molecular formula is C12H11N3O2. The second-order valence-electron chi connectivity index (χ2n) is 3.75. The molecule has 0 radical (unpaired) electrons. The molecule has 0 bridgehead atoms. The van der Waals surface area contributed by atoms with Gasteiger partial charge in [0, 0.05) is 16.3 Å². The van der Waals surface area contributed by atoms with Crippen LogP contribution in [0.2, 0.25) is 0 Å². The highest BCUT2D eigenvalue weighted by molar-refractivity contribution is 6.06. The van der Waals surface area contributed by atoms with E-state index in [0.29, 0.717) is 12.1 Å². The molecular weight excluding hydrogens is 218 g/mol. The number of rotatable bonds is 2. The summed E-state index contributed by atoms with van der Waals surface area (Å²) in [6.45, 7) is 2.55. The molecule has 0 fully saturated rings. The lowest BCUT2D eigenvalue weighted by molar-refractivity contribution is 0.341. The molecule has 3 aromatic rings. The Hall–Kier alpha value is -2.30. The minimum absolute atomic E-state index is 0.211. The second kappa shape index (κ2) is 3.62. The summed E-state index contributed by atoms with van der Waals surface area (Å²) in [4.78, 5) is 14.7. The maximum atomic E-state index is 11.6. The van der Waals surface area contributed by atoms with Crippen molar-refractivity contribution in [3.05, 3.63) is 34.7 Å². The second-order valence-corrected chi connectivity index (χ2v) is 3.75. The number of hydrogen-bond acceptors (Lipinski definition) is 3. The predicted molar refractivity (Wildman–Crippen MR) is 65.4 cm³/mol. The third kappa shape index (κ3) is 1.47. The number of H-pyrrole nitrogens is 2. The molecule has 0 aliphatic rings. The van der Waals surface area contributed by atoms with Crippen molar-refractivity contribution in [3.8, 4) is 5.75 Å². The lowest BCUT2D eigenvalue weighted by atomic mass is 10.2. The Bertz CT molecular complexity index is 742. The van der Waals surface area contributed by atoms with Gasteiger partial charge in [0.2, 0.25) is 0 Å². The Balaban J connectivity index is 2.38. The van der Waals surface area contributed by atoms with Crippen LogP contribution in [-0.4, -0.2) is 21.8 Å². The van der Waals surface area contributed by atoms with Crippen molar-refractivity contribution in [2.24, 2.45) is 0 Å². The normalized spacial score (nSPS) is 11.1. The predicted octanol–water partition coefficient (Wildman–Crippen LogP) is 1.80. The fourth-order valence-corrected chi connectivity index (χ4v) is 1.97. The van der Waals surface area contributed by atoms with Gasteiger partial charge in [-0.25, -0.2) is 5.10 Å². The number of aromatic amines is 2.